The number of likely N-dealkylation sites (tertiary alicyclic amines) is 1. The van der Waals surface area contributed by atoms with Gasteiger partial charge in [-0.1, -0.05) is 22.9 Å². The number of nitrogens with zero attached hydrogens (tertiary/aromatic N) is 2. The van der Waals surface area contributed by atoms with Gasteiger partial charge in [0.1, 0.15) is 23.0 Å². The predicted octanol–water partition coefficient (Wildman–Crippen LogP) is 4.40. The van der Waals surface area contributed by atoms with Crippen molar-refractivity contribution in [2.75, 3.05) is 13.1 Å². The Bertz CT molecular complexity index is 1030. The molecule has 1 aromatic carbocycles. The average molecular weight is 437 g/mol. The molecule has 1 aromatic heterocycles. The fraction of sp³-hybridized carbons (Fsp3) is 0.538. The smallest absolute Gasteiger partial charge is 0.259 e. The van der Waals surface area contributed by atoms with Crippen molar-refractivity contribution in [1.82, 2.24) is 10.1 Å². The highest BCUT2D eigenvalue weighted by atomic mass is 16.5. The monoisotopic (exact) mass is 436 g/mol. The lowest BCUT2D eigenvalue weighted by atomic mass is 9.83. The van der Waals surface area contributed by atoms with Gasteiger partial charge in [-0.3, -0.25) is 14.4 Å². The Labute approximate surface area is 189 Å². The zero-order valence-electron chi connectivity index (χ0n) is 19.7. The standard InChI is InChI=1S/C26H32N2O4/c1-14-10-15(2)22(16(3)11-14)24-21(29)13-20(25(24)30)12-19-6-8-28(9-7-19)26(31)23-17(4)27-32-18(23)5/h10-11,19-20,24H,6-9,12-13H2,1-5H3. The molecule has 2 aliphatic rings. The molecular formula is C26H32N2O4. The van der Waals surface area contributed by atoms with E-state index in [0.717, 1.165) is 41.5 Å². The highest BCUT2D eigenvalue weighted by Crippen LogP contribution is 2.40. The topological polar surface area (TPSA) is 80.5 Å². The quantitative estimate of drug-likeness (QED) is 0.664. The predicted molar refractivity (Wildman–Crippen MR) is 121 cm³/mol. The molecule has 2 unspecified atom stereocenters. The number of carbonyl (C=O) groups excluding carboxylic acids is 3. The molecule has 0 N–H and O–H groups in total. The van der Waals surface area contributed by atoms with Gasteiger partial charge in [0, 0.05) is 25.4 Å². The molecule has 1 amide bonds. The Morgan fingerprint density at radius 1 is 1.06 bits per heavy atom. The summed E-state index contributed by atoms with van der Waals surface area (Å²) in [4.78, 5) is 40.9. The molecule has 6 nitrogen and oxygen atoms in total. The van der Waals surface area contributed by atoms with Gasteiger partial charge in [0.2, 0.25) is 0 Å². The summed E-state index contributed by atoms with van der Waals surface area (Å²) in [7, 11) is 0. The maximum atomic E-state index is 13.3. The third-order valence-electron chi connectivity index (χ3n) is 7.25. The van der Waals surface area contributed by atoms with Crippen LogP contribution in [0.5, 0.6) is 0 Å². The third-order valence-corrected chi connectivity index (χ3v) is 7.25. The number of rotatable bonds is 4. The molecule has 0 radical (unpaired) electrons. The van der Waals surface area contributed by atoms with Crippen LogP contribution < -0.4 is 0 Å². The van der Waals surface area contributed by atoms with E-state index in [4.69, 9.17) is 4.52 Å². The molecule has 1 aliphatic heterocycles. The van der Waals surface area contributed by atoms with E-state index in [0.29, 0.717) is 42.4 Å². The summed E-state index contributed by atoms with van der Waals surface area (Å²) in [5, 5.41) is 3.89. The minimum absolute atomic E-state index is 0.0304. The molecule has 2 heterocycles. The Balaban J connectivity index is 1.40. The number of Topliss-reactive ketones (excluding diaryl/α,β-unsaturated/α-hetero) is 2. The second kappa shape index (κ2) is 8.64. The first-order valence-corrected chi connectivity index (χ1v) is 11.5. The average Bonchev–Trinajstić information content (AvgIpc) is 3.20. The van der Waals surface area contributed by atoms with Crippen molar-refractivity contribution in [2.45, 2.75) is 66.2 Å². The van der Waals surface area contributed by atoms with Gasteiger partial charge in [0.25, 0.3) is 5.91 Å². The van der Waals surface area contributed by atoms with Crippen LogP contribution in [0, 0.1) is 46.5 Å². The summed E-state index contributed by atoms with van der Waals surface area (Å²) in [6.07, 6.45) is 2.77. The Kier molecular flexibility index (Phi) is 6.06. The largest absolute Gasteiger partial charge is 0.361 e. The lowest BCUT2D eigenvalue weighted by Gasteiger charge is -2.33. The number of aryl methyl sites for hydroxylation is 5. The van der Waals surface area contributed by atoms with Crippen LogP contribution in [0.4, 0.5) is 0 Å². The van der Waals surface area contributed by atoms with Crippen LogP contribution in [0.25, 0.3) is 0 Å². The first kappa shape index (κ1) is 22.4. The van der Waals surface area contributed by atoms with Crippen LogP contribution in [0.15, 0.2) is 16.7 Å². The molecule has 0 bridgehead atoms. The highest BCUT2D eigenvalue weighted by molar-refractivity contribution is 6.15. The van der Waals surface area contributed by atoms with E-state index in [1.807, 2.05) is 25.7 Å². The van der Waals surface area contributed by atoms with Crippen molar-refractivity contribution in [1.29, 1.82) is 0 Å². The van der Waals surface area contributed by atoms with Crippen molar-refractivity contribution in [3.63, 3.8) is 0 Å². The van der Waals surface area contributed by atoms with Gasteiger partial charge in [-0.05, 0) is 76.5 Å². The molecule has 2 atom stereocenters. The summed E-state index contributed by atoms with van der Waals surface area (Å²) >= 11 is 0. The molecule has 2 aromatic rings. The number of carbonyl (C=O) groups is 3. The van der Waals surface area contributed by atoms with E-state index in [-0.39, 0.29) is 23.4 Å². The van der Waals surface area contributed by atoms with Crippen molar-refractivity contribution in [3.05, 3.63) is 51.4 Å². The van der Waals surface area contributed by atoms with Gasteiger partial charge >= 0.3 is 0 Å². The Hall–Kier alpha value is -2.76. The lowest BCUT2D eigenvalue weighted by Crippen LogP contribution is -2.39. The highest BCUT2D eigenvalue weighted by Gasteiger charge is 2.44. The molecular weight excluding hydrogens is 404 g/mol. The SMILES string of the molecule is Cc1cc(C)c(C2C(=O)CC(CC3CCN(C(=O)c4c(C)noc4C)CC3)C2=O)c(C)c1. The van der Waals surface area contributed by atoms with Crippen molar-refractivity contribution < 1.29 is 18.9 Å². The second-order valence-corrected chi connectivity index (χ2v) is 9.69. The minimum Gasteiger partial charge on any atom is -0.361 e. The number of piperidine rings is 1. The fourth-order valence-electron chi connectivity index (χ4n) is 5.73. The zero-order chi connectivity index (χ0) is 23.2. The van der Waals surface area contributed by atoms with Crippen LogP contribution in [-0.4, -0.2) is 40.6 Å². The van der Waals surface area contributed by atoms with Gasteiger partial charge in [0.15, 0.2) is 5.78 Å². The van der Waals surface area contributed by atoms with Gasteiger partial charge in [-0.15, -0.1) is 0 Å². The van der Waals surface area contributed by atoms with E-state index in [9.17, 15) is 14.4 Å². The van der Waals surface area contributed by atoms with Gasteiger partial charge in [-0.2, -0.15) is 0 Å². The number of benzene rings is 1. The van der Waals surface area contributed by atoms with E-state index in [1.165, 1.54) is 0 Å². The summed E-state index contributed by atoms with van der Waals surface area (Å²) < 4.78 is 5.14. The minimum atomic E-state index is -0.609. The van der Waals surface area contributed by atoms with Crippen LogP contribution in [-0.2, 0) is 9.59 Å². The number of hydrogen-bond donors (Lipinski definition) is 0. The fourth-order valence-corrected chi connectivity index (χ4v) is 5.73. The second-order valence-electron chi connectivity index (χ2n) is 9.69. The van der Waals surface area contributed by atoms with Gasteiger partial charge in [-0.25, -0.2) is 0 Å². The van der Waals surface area contributed by atoms with E-state index >= 15 is 0 Å². The molecule has 4 rings (SSSR count). The molecule has 2 fully saturated rings. The van der Waals surface area contributed by atoms with Crippen LogP contribution >= 0.6 is 0 Å². The molecule has 1 saturated carbocycles. The molecule has 6 heteroatoms. The molecule has 1 saturated heterocycles. The van der Waals surface area contributed by atoms with Crippen molar-refractivity contribution >= 4 is 17.5 Å². The van der Waals surface area contributed by atoms with E-state index in [1.54, 1.807) is 13.8 Å². The van der Waals surface area contributed by atoms with Crippen molar-refractivity contribution in [3.8, 4) is 0 Å². The van der Waals surface area contributed by atoms with E-state index < -0.39 is 5.92 Å². The van der Waals surface area contributed by atoms with Crippen LogP contribution in [0.3, 0.4) is 0 Å². The zero-order valence-corrected chi connectivity index (χ0v) is 19.7. The first-order valence-electron chi connectivity index (χ1n) is 11.5. The van der Waals surface area contributed by atoms with Crippen LogP contribution in [0.2, 0.25) is 0 Å². The maximum Gasteiger partial charge on any atom is 0.259 e. The van der Waals surface area contributed by atoms with Crippen molar-refractivity contribution in [2.24, 2.45) is 11.8 Å². The Morgan fingerprint density at radius 3 is 2.25 bits per heavy atom. The molecule has 170 valence electrons. The molecule has 32 heavy (non-hydrogen) atoms. The summed E-state index contributed by atoms with van der Waals surface area (Å²) in [5.41, 5.74) is 5.30. The maximum absolute atomic E-state index is 13.3. The summed E-state index contributed by atoms with van der Waals surface area (Å²) in [6, 6.07) is 4.11. The number of ketones is 2. The molecule has 1 aliphatic carbocycles. The van der Waals surface area contributed by atoms with Gasteiger partial charge < -0.3 is 9.42 Å². The first-order chi connectivity index (χ1) is 15.2. The number of aromatic nitrogens is 1. The van der Waals surface area contributed by atoms with Gasteiger partial charge in [0.05, 0.1) is 5.69 Å². The molecule has 0 spiro atoms. The number of hydrogen-bond acceptors (Lipinski definition) is 5. The van der Waals surface area contributed by atoms with E-state index in [2.05, 4.69) is 17.3 Å². The summed E-state index contributed by atoms with van der Waals surface area (Å²) in [5.74, 6) is 0.198. The normalized spacial score (nSPS) is 22.1. The van der Waals surface area contributed by atoms with Crippen LogP contribution in [0.1, 0.15) is 75.7 Å². The number of amides is 1. The lowest BCUT2D eigenvalue weighted by molar-refractivity contribution is -0.125. The summed E-state index contributed by atoms with van der Waals surface area (Å²) in [6.45, 7) is 10.9. The third kappa shape index (κ3) is 4.03. The Morgan fingerprint density at radius 2 is 1.69 bits per heavy atom.